The van der Waals surface area contributed by atoms with Crippen LogP contribution in [0, 0.1) is 5.82 Å². The molecule has 37 heavy (non-hydrogen) atoms. The van der Waals surface area contributed by atoms with Gasteiger partial charge in [0.25, 0.3) is 5.56 Å². The number of carbonyl (C=O) groups is 1. The number of hydrogen-bond acceptors (Lipinski definition) is 5. The Morgan fingerprint density at radius 1 is 1.03 bits per heavy atom. The van der Waals surface area contributed by atoms with E-state index in [0.29, 0.717) is 15.3 Å². The van der Waals surface area contributed by atoms with Crippen LogP contribution in [0.4, 0.5) is 17.6 Å². The lowest BCUT2D eigenvalue weighted by atomic mass is 10.0. The summed E-state index contributed by atoms with van der Waals surface area (Å²) in [5.41, 5.74) is -4.96. The van der Waals surface area contributed by atoms with E-state index in [9.17, 15) is 37.5 Å². The standard InChI is InChI=1S/C24H18F4N4O5/c1-29-18-8-15(25)17(9-19(18)30(2)22(29)36)31-10-13(21(34)35)20(33)32(23(31)37)16-7-6-11-12(16)4-3-5-14(11)24(26,27)28/h3-5,8-10,16H,6-7H2,1-2H3,(H,34,35)/p-1. The number of rotatable bonds is 3. The van der Waals surface area contributed by atoms with Crippen molar-refractivity contribution < 1.29 is 27.5 Å². The zero-order valence-electron chi connectivity index (χ0n) is 19.3. The third-order valence-electron chi connectivity index (χ3n) is 6.80. The fourth-order valence-corrected chi connectivity index (χ4v) is 5.02. The van der Waals surface area contributed by atoms with Crippen LogP contribution in [0.5, 0.6) is 0 Å². The first-order valence-electron chi connectivity index (χ1n) is 11.0. The van der Waals surface area contributed by atoms with Crippen molar-refractivity contribution in [2.45, 2.75) is 25.1 Å². The SMILES string of the molecule is Cn1c(=O)n(C)c2cc(-n3cc(C(=O)[O-])c(=O)n(C4CCc5c4cccc5C(F)(F)F)c3=O)c(F)cc21. The fraction of sp³-hybridized carbons (Fsp3) is 0.250. The summed E-state index contributed by atoms with van der Waals surface area (Å²) in [6.45, 7) is 0. The molecule has 1 aliphatic carbocycles. The molecule has 2 heterocycles. The number of carboxylic acids is 1. The van der Waals surface area contributed by atoms with Crippen LogP contribution < -0.4 is 22.0 Å². The van der Waals surface area contributed by atoms with Crippen LogP contribution in [0.25, 0.3) is 16.7 Å². The Balaban J connectivity index is 1.81. The highest BCUT2D eigenvalue weighted by Gasteiger charge is 2.38. The number of carboxylic acid groups (broad SMARTS) is 1. The Kier molecular flexibility index (Phi) is 5.28. The van der Waals surface area contributed by atoms with Gasteiger partial charge < -0.3 is 9.90 Å². The number of carbonyl (C=O) groups excluding carboxylic acids is 1. The van der Waals surface area contributed by atoms with Crippen molar-refractivity contribution in [2.24, 2.45) is 14.1 Å². The second-order valence-corrected chi connectivity index (χ2v) is 8.78. The third kappa shape index (κ3) is 3.52. The van der Waals surface area contributed by atoms with E-state index >= 15 is 4.39 Å². The third-order valence-corrected chi connectivity index (χ3v) is 6.80. The Bertz CT molecular complexity index is 1810. The van der Waals surface area contributed by atoms with Gasteiger partial charge >= 0.3 is 17.6 Å². The molecule has 2 aromatic carbocycles. The van der Waals surface area contributed by atoms with Gasteiger partial charge in [-0.2, -0.15) is 13.2 Å². The largest absolute Gasteiger partial charge is 0.545 e. The number of benzene rings is 2. The average molecular weight is 517 g/mol. The first kappa shape index (κ1) is 24.3. The van der Waals surface area contributed by atoms with E-state index < -0.39 is 57.8 Å². The smallest absolute Gasteiger partial charge is 0.416 e. The van der Waals surface area contributed by atoms with E-state index in [4.69, 9.17) is 0 Å². The molecule has 0 radical (unpaired) electrons. The molecule has 1 atom stereocenters. The number of halogens is 4. The first-order chi connectivity index (χ1) is 17.3. The maximum Gasteiger partial charge on any atom is 0.416 e. The molecule has 0 N–H and O–H groups in total. The number of alkyl halides is 3. The highest BCUT2D eigenvalue weighted by Crippen LogP contribution is 2.41. The minimum absolute atomic E-state index is 0.0393. The number of aromatic carboxylic acids is 1. The quantitative estimate of drug-likeness (QED) is 0.380. The van der Waals surface area contributed by atoms with E-state index in [1.165, 1.54) is 29.3 Å². The van der Waals surface area contributed by atoms with Crippen molar-refractivity contribution in [2.75, 3.05) is 0 Å². The molecule has 9 nitrogen and oxygen atoms in total. The number of imidazole rings is 1. The van der Waals surface area contributed by atoms with Crippen molar-refractivity contribution in [3.8, 4) is 5.69 Å². The molecule has 192 valence electrons. The van der Waals surface area contributed by atoms with Crippen LogP contribution in [0.15, 0.2) is 50.9 Å². The molecule has 13 heteroatoms. The lowest BCUT2D eigenvalue weighted by molar-refractivity contribution is -0.255. The van der Waals surface area contributed by atoms with Gasteiger partial charge in [0.1, 0.15) is 5.82 Å². The van der Waals surface area contributed by atoms with E-state index in [0.717, 1.165) is 24.3 Å². The van der Waals surface area contributed by atoms with Crippen LogP contribution >= 0.6 is 0 Å². The van der Waals surface area contributed by atoms with E-state index in [1.54, 1.807) is 0 Å². The lowest BCUT2D eigenvalue weighted by Gasteiger charge is -2.20. The number of fused-ring (bicyclic) bond motifs is 2. The molecular weight excluding hydrogens is 500 g/mol. The molecule has 4 aromatic rings. The minimum atomic E-state index is -4.68. The Morgan fingerprint density at radius 3 is 2.30 bits per heavy atom. The van der Waals surface area contributed by atoms with Gasteiger partial charge in [-0.15, -0.1) is 0 Å². The molecule has 1 unspecified atom stereocenters. The summed E-state index contributed by atoms with van der Waals surface area (Å²) in [4.78, 5) is 50.6. The molecule has 0 bridgehead atoms. The molecular formula is C24H17F4N4O5-. The zero-order valence-corrected chi connectivity index (χ0v) is 19.3. The fourth-order valence-electron chi connectivity index (χ4n) is 5.02. The molecule has 0 saturated carbocycles. The van der Waals surface area contributed by atoms with Crippen molar-refractivity contribution in [1.82, 2.24) is 18.3 Å². The van der Waals surface area contributed by atoms with Gasteiger partial charge in [-0.25, -0.2) is 14.0 Å². The summed E-state index contributed by atoms with van der Waals surface area (Å²) in [6.07, 6.45) is -4.28. The molecule has 0 amide bonds. The Hall–Kier alpha value is -4.42. The monoisotopic (exact) mass is 517 g/mol. The van der Waals surface area contributed by atoms with Gasteiger partial charge in [-0.05, 0) is 36.1 Å². The van der Waals surface area contributed by atoms with Gasteiger partial charge in [-0.1, -0.05) is 12.1 Å². The number of aryl methyl sites for hydroxylation is 2. The highest BCUT2D eigenvalue weighted by molar-refractivity contribution is 5.85. The first-order valence-corrected chi connectivity index (χ1v) is 11.0. The normalized spacial score (nSPS) is 15.4. The van der Waals surface area contributed by atoms with Gasteiger partial charge in [-0.3, -0.25) is 23.1 Å². The molecule has 0 fully saturated rings. The summed E-state index contributed by atoms with van der Waals surface area (Å²) in [5, 5.41) is 11.8. The van der Waals surface area contributed by atoms with Crippen LogP contribution in [-0.2, 0) is 26.7 Å². The minimum Gasteiger partial charge on any atom is -0.545 e. The van der Waals surface area contributed by atoms with Crippen LogP contribution in [-0.4, -0.2) is 24.2 Å². The lowest BCUT2D eigenvalue weighted by Crippen LogP contribution is -2.46. The number of nitrogens with zero attached hydrogens (tertiary/aromatic N) is 4. The molecule has 2 aromatic heterocycles. The highest BCUT2D eigenvalue weighted by atomic mass is 19.4. The van der Waals surface area contributed by atoms with Crippen molar-refractivity contribution in [1.29, 1.82) is 0 Å². The Morgan fingerprint density at radius 2 is 1.68 bits per heavy atom. The maximum atomic E-state index is 15.2. The predicted molar refractivity (Wildman–Crippen MR) is 120 cm³/mol. The topological polar surface area (TPSA) is 111 Å². The van der Waals surface area contributed by atoms with Crippen LogP contribution in [0.1, 0.15) is 39.5 Å². The van der Waals surface area contributed by atoms with Crippen molar-refractivity contribution in [3.63, 3.8) is 0 Å². The number of hydrogen-bond donors (Lipinski definition) is 0. The average Bonchev–Trinajstić information content (AvgIpc) is 3.33. The summed E-state index contributed by atoms with van der Waals surface area (Å²) >= 11 is 0. The van der Waals surface area contributed by atoms with Crippen molar-refractivity contribution >= 4 is 17.0 Å². The van der Waals surface area contributed by atoms with E-state index in [-0.39, 0.29) is 35.0 Å². The molecule has 5 rings (SSSR count). The molecule has 0 spiro atoms. The molecule has 0 aliphatic heterocycles. The van der Waals surface area contributed by atoms with Gasteiger partial charge in [0, 0.05) is 26.4 Å². The maximum absolute atomic E-state index is 15.2. The van der Waals surface area contributed by atoms with Gasteiger partial charge in [0.2, 0.25) is 0 Å². The van der Waals surface area contributed by atoms with E-state index in [1.807, 2.05) is 0 Å². The summed E-state index contributed by atoms with van der Waals surface area (Å²) < 4.78 is 59.3. The van der Waals surface area contributed by atoms with Gasteiger partial charge in [0.15, 0.2) is 0 Å². The second-order valence-electron chi connectivity index (χ2n) is 8.78. The summed E-state index contributed by atoms with van der Waals surface area (Å²) in [5.74, 6) is -2.96. The second kappa shape index (κ2) is 8.05. The summed E-state index contributed by atoms with van der Waals surface area (Å²) in [7, 11) is 2.83. The van der Waals surface area contributed by atoms with Crippen LogP contribution in [0.3, 0.4) is 0 Å². The number of aromatic nitrogens is 4. The Labute approximate surface area is 204 Å². The van der Waals surface area contributed by atoms with Crippen molar-refractivity contribution in [3.05, 3.63) is 95.9 Å². The van der Waals surface area contributed by atoms with Crippen LogP contribution in [0.2, 0.25) is 0 Å². The molecule has 1 aliphatic rings. The van der Waals surface area contributed by atoms with E-state index in [2.05, 4.69) is 0 Å². The zero-order chi connectivity index (χ0) is 27.0. The molecule has 0 saturated heterocycles. The van der Waals surface area contributed by atoms with Gasteiger partial charge in [0.05, 0.1) is 39.9 Å². The summed E-state index contributed by atoms with van der Waals surface area (Å²) in [6, 6.07) is 4.25. The predicted octanol–water partition coefficient (Wildman–Crippen LogP) is 1.25.